The maximum Gasteiger partial charge on any atom is 0.163 e. The third-order valence-corrected chi connectivity index (χ3v) is 4.07. The Balaban J connectivity index is 1.63. The van der Waals surface area contributed by atoms with Crippen LogP contribution in [0.3, 0.4) is 0 Å². The van der Waals surface area contributed by atoms with Crippen molar-refractivity contribution < 1.29 is 4.74 Å². The molecule has 1 saturated heterocycles. The van der Waals surface area contributed by atoms with Gasteiger partial charge in [-0.25, -0.2) is 9.97 Å². The standard InChI is InChI=1S/C13H17N5O/c1-18-13-9(6-16-18)12(14-7-15-13)17-10-4-5-19-11(10)8-2-3-8/h6-8,10-11H,2-5H2,1H3,(H,14,15,17). The van der Waals surface area contributed by atoms with Gasteiger partial charge in [-0.2, -0.15) is 5.10 Å². The number of rotatable bonds is 3. The lowest BCUT2D eigenvalue weighted by Crippen LogP contribution is -2.31. The summed E-state index contributed by atoms with van der Waals surface area (Å²) in [6.45, 7) is 0.847. The Morgan fingerprint density at radius 2 is 2.21 bits per heavy atom. The highest BCUT2D eigenvalue weighted by Gasteiger charge is 2.40. The van der Waals surface area contributed by atoms with Crippen molar-refractivity contribution >= 4 is 16.9 Å². The lowest BCUT2D eigenvalue weighted by atomic mass is 10.1. The van der Waals surface area contributed by atoms with Crippen LogP contribution in [-0.2, 0) is 11.8 Å². The van der Waals surface area contributed by atoms with Crippen molar-refractivity contribution in [2.75, 3.05) is 11.9 Å². The second-order valence-corrected chi connectivity index (χ2v) is 5.44. The zero-order valence-corrected chi connectivity index (χ0v) is 10.9. The van der Waals surface area contributed by atoms with Gasteiger partial charge in [-0.15, -0.1) is 0 Å². The first kappa shape index (κ1) is 11.2. The van der Waals surface area contributed by atoms with Crippen molar-refractivity contribution in [1.29, 1.82) is 0 Å². The van der Waals surface area contributed by atoms with E-state index in [0.29, 0.717) is 12.1 Å². The molecule has 2 aromatic heterocycles. The molecule has 1 aliphatic carbocycles. The van der Waals surface area contributed by atoms with Crippen molar-refractivity contribution in [2.45, 2.75) is 31.4 Å². The Bertz CT molecular complexity index is 606. The summed E-state index contributed by atoms with van der Waals surface area (Å²) in [5.74, 6) is 1.62. The van der Waals surface area contributed by atoms with Gasteiger partial charge in [0.05, 0.1) is 23.7 Å². The van der Waals surface area contributed by atoms with Crippen LogP contribution in [0.25, 0.3) is 11.0 Å². The monoisotopic (exact) mass is 259 g/mol. The summed E-state index contributed by atoms with van der Waals surface area (Å²) in [5.41, 5.74) is 0.861. The number of aromatic nitrogens is 4. The minimum absolute atomic E-state index is 0.349. The van der Waals surface area contributed by atoms with E-state index >= 15 is 0 Å². The van der Waals surface area contributed by atoms with E-state index in [9.17, 15) is 0 Å². The number of nitrogens with one attached hydrogen (secondary N) is 1. The Morgan fingerprint density at radius 3 is 3.05 bits per heavy atom. The quantitative estimate of drug-likeness (QED) is 0.901. The molecule has 0 amide bonds. The van der Waals surface area contributed by atoms with Crippen LogP contribution in [0.1, 0.15) is 19.3 Å². The molecule has 100 valence electrons. The van der Waals surface area contributed by atoms with E-state index in [1.807, 2.05) is 13.2 Å². The molecule has 1 saturated carbocycles. The summed E-state index contributed by atoms with van der Waals surface area (Å²) in [7, 11) is 1.89. The van der Waals surface area contributed by atoms with Crippen molar-refractivity contribution in [3.8, 4) is 0 Å². The third-order valence-electron chi connectivity index (χ3n) is 4.07. The largest absolute Gasteiger partial charge is 0.376 e. The molecular formula is C13H17N5O. The average Bonchev–Trinajstić information content (AvgIpc) is 3.05. The number of ether oxygens (including phenoxy) is 1. The second kappa shape index (κ2) is 4.16. The molecule has 1 N–H and O–H groups in total. The third kappa shape index (κ3) is 1.87. The van der Waals surface area contributed by atoms with Crippen LogP contribution in [0.2, 0.25) is 0 Å². The highest BCUT2D eigenvalue weighted by molar-refractivity contribution is 5.86. The van der Waals surface area contributed by atoms with Crippen molar-refractivity contribution in [2.24, 2.45) is 13.0 Å². The molecule has 2 fully saturated rings. The van der Waals surface area contributed by atoms with Gasteiger partial charge in [0.2, 0.25) is 0 Å². The van der Waals surface area contributed by atoms with E-state index in [1.54, 1.807) is 11.0 Å². The highest BCUT2D eigenvalue weighted by atomic mass is 16.5. The lowest BCUT2D eigenvalue weighted by molar-refractivity contribution is 0.0898. The summed E-state index contributed by atoms with van der Waals surface area (Å²) in [6.07, 6.45) is 7.41. The molecule has 19 heavy (non-hydrogen) atoms. The van der Waals surface area contributed by atoms with Crippen LogP contribution in [-0.4, -0.2) is 38.5 Å². The number of anilines is 1. The first-order valence-corrected chi connectivity index (χ1v) is 6.84. The zero-order chi connectivity index (χ0) is 12.8. The zero-order valence-electron chi connectivity index (χ0n) is 10.9. The molecule has 6 nitrogen and oxygen atoms in total. The van der Waals surface area contributed by atoms with E-state index in [0.717, 1.165) is 35.8 Å². The Labute approximate surface area is 111 Å². The first-order valence-electron chi connectivity index (χ1n) is 6.84. The number of fused-ring (bicyclic) bond motifs is 1. The normalized spacial score (nSPS) is 27.0. The fourth-order valence-corrected chi connectivity index (χ4v) is 2.91. The van der Waals surface area contributed by atoms with Gasteiger partial charge in [0, 0.05) is 13.7 Å². The molecule has 2 aromatic rings. The molecule has 2 aliphatic rings. The summed E-state index contributed by atoms with van der Waals surface area (Å²) in [6, 6.07) is 0.366. The summed E-state index contributed by atoms with van der Waals surface area (Å²) in [4.78, 5) is 8.63. The van der Waals surface area contributed by atoms with Gasteiger partial charge in [0.1, 0.15) is 12.1 Å². The number of hydrogen-bond acceptors (Lipinski definition) is 5. The molecule has 2 unspecified atom stereocenters. The summed E-state index contributed by atoms with van der Waals surface area (Å²) >= 11 is 0. The van der Waals surface area contributed by atoms with Gasteiger partial charge in [0.25, 0.3) is 0 Å². The minimum Gasteiger partial charge on any atom is -0.376 e. The molecular weight excluding hydrogens is 242 g/mol. The van der Waals surface area contributed by atoms with Gasteiger partial charge in [-0.1, -0.05) is 0 Å². The van der Waals surface area contributed by atoms with Crippen LogP contribution < -0.4 is 5.32 Å². The highest BCUT2D eigenvalue weighted by Crippen LogP contribution is 2.39. The fourth-order valence-electron chi connectivity index (χ4n) is 2.91. The van der Waals surface area contributed by atoms with Crippen molar-refractivity contribution in [3.05, 3.63) is 12.5 Å². The molecule has 4 rings (SSSR count). The van der Waals surface area contributed by atoms with Gasteiger partial charge in [-0.3, -0.25) is 4.68 Å². The Morgan fingerprint density at radius 1 is 1.32 bits per heavy atom. The van der Waals surface area contributed by atoms with Crippen LogP contribution in [0, 0.1) is 5.92 Å². The second-order valence-electron chi connectivity index (χ2n) is 5.44. The number of nitrogens with zero attached hydrogens (tertiary/aromatic N) is 4. The van der Waals surface area contributed by atoms with Gasteiger partial charge in [-0.05, 0) is 25.2 Å². The maximum atomic E-state index is 5.85. The molecule has 0 aromatic carbocycles. The predicted molar refractivity (Wildman–Crippen MR) is 70.8 cm³/mol. The molecule has 0 bridgehead atoms. The van der Waals surface area contributed by atoms with Crippen LogP contribution in [0.5, 0.6) is 0 Å². The smallest absolute Gasteiger partial charge is 0.163 e. The average molecular weight is 259 g/mol. The number of aryl methyl sites for hydroxylation is 1. The minimum atomic E-state index is 0.349. The molecule has 0 spiro atoms. The van der Waals surface area contributed by atoms with E-state index < -0.39 is 0 Å². The van der Waals surface area contributed by atoms with Crippen LogP contribution in [0.4, 0.5) is 5.82 Å². The SMILES string of the molecule is Cn1ncc2c(NC3CCOC3C3CC3)ncnc21. The Kier molecular flexibility index (Phi) is 2.44. The van der Waals surface area contributed by atoms with E-state index in [4.69, 9.17) is 4.74 Å². The topological polar surface area (TPSA) is 64.9 Å². The fraction of sp³-hybridized carbons (Fsp3) is 0.615. The van der Waals surface area contributed by atoms with E-state index in [2.05, 4.69) is 20.4 Å². The van der Waals surface area contributed by atoms with Crippen molar-refractivity contribution in [3.63, 3.8) is 0 Å². The van der Waals surface area contributed by atoms with Crippen LogP contribution in [0.15, 0.2) is 12.5 Å². The molecule has 0 radical (unpaired) electrons. The Hall–Kier alpha value is -1.69. The molecule has 6 heteroatoms. The maximum absolute atomic E-state index is 5.85. The van der Waals surface area contributed by atoms with E-state index in [1.165, 1.54) is 12.8 Å². The summed E-state index contributed by atoms with van der Waals surface area (Å²) < 4.78 is 7.62. The number of hydrogen-bond donors (Lipinski definition) is 1. The first-order chi connectivity index (χ1) is 9.33. The van der Waals surface area contributed by atoms with E-state index in [-0.39, 0.29) is 0 Å². The predicted octanol–water partition coefficient (Wildman–Crippen LogP) is 1.34. The lowest BCUT2D eigenvalue weighted by Gasteiger charge is -2.20. The summed E-state index contributed by atoms with van der Waals surface area (Å²) in [5, 5.41) is 8.76. The molecule has 3 heterocycles. The molecule has 2 atom stereocenters. The van der Waals surface area contributed by atoms with Crippen LogP contribution >= 0.6 is 0 Å². The molecule has 1 aliphatic heterocycles. The van der Waals surface area contributed by atoms with Crippen molar-refractivity contribution in [1.82, 2.24) is 19.7 Å². The van der Waals surface area contributed by atoms with Gasteiger partial charge in [0.15, 0.2) is 5.65 Å². The van der Waals surface area contributed by atoms with Gasteiger partial charge < -0.3 is 10.1 Å². The van der Waals surface area contributed by atoms with Gasteiger partial charge >= 0.3 is 0 Å².